The number of nitrogens with one attached hydrogen (secondary N) is 1. The lowest BCUT2D eigenvalue weighted by molar-refractivity contribution is -0.139. The molecule has 0 radical (unpaired) electrons. The van der Waals surface area contributed by atoms with Gasteiger partial charge in [0.05, 0.1) is 7.11 Å². The van der Waals surface area contributed by atoms with Gasteiger partial charge >= 0.3 is 5.97 Å². The lowest BCUT2D eigenvalue weighted by Crippen LogP contribution is -2.33. The zero-order valence-electron chi connectivity index (χ0n) is 14.2. The van der Waals surface area contributed by atoms with Gasteiger partial charge < -0.3 is 19.9 Å². The number of carboxylic acid groups (broad SMARTS) is 1. The molecule has 0 aliphatic carbocycles. The Morgan fingerprint density at radius 2 is 2.00 bits per heavy atom. The lowest BCUT2D eigenvalue weighted by Gasteiger charge is -2.17. The summed E-state index contributed by atoms with van der Waals surface area (Å²) in [4.78, 5) is 11.0. The molecule has 0 amide bonds. The van der Waals surface area contributed by atoms with E-state index in [1.807, 2.05) is 43.3 Å². The molecule has 5 heteroatoms. The first kappa shape index (κ1) is 17.8. The number of carboxylic acids is 1. The summed E-state index contributed by atoms with van der Waals surface area (Å²) in [6.45, 7) is 4.45. The highest BCUT2D eigenvalue weighted by Crippen LogP contribution is 2.32. The number of ether oxygens (including phenoxy) is 2. The molecular weight excluding hydrogens is 306 g/mol. The lowest BCUT2D eigenvalue weighted by atomic mass is 10.1. The van der Waals surface area contributed by atoms with Gasteiger partial charge in [-0.05, 0) is 25.5 Å². The number of rotatable bonds is 8. The molecule has 1 atom stereocenters. The van der Waals surface area contributed by atoms with Crippen molar-refractivity contribution in [1.29, 1.82) is 0 Å². The summed E-state index contributed by atoms with van der Waals surface area (Å²) >= 11 is 0. The topological polar surface area (TPSA) is 67.8 Å². The number of para-hydroxylation sites is 1. The number of hydrogen-bond donors (Lipinski definition) is 2. The van der Waals surface area contributed by atoms with Crippen LogP contribution in [-0.2, 0) is 17.9 Å². The van der Waals surface area contributed by atoms with Crippen molar-refractivity contribution >= 4 is 5.97 Å². The van der Waals surface area contributed by atoms with Crippen LogP contribution < -0.4 is 14.8 Å². The molecule has 0 bridgehead atoms. The second-order valence-corrected chi connectivity index (χ2v) is 5.67. The van der Waals surface area contributed by atoms with Crippen LogP contribution in [0.3, 0.4) is 0 Å². The molecule has 128 valence electrons. The van der Waals surface area contributed by atoms with Crippen molar-refractivity contribution in [1.82, 2.24) is 5.32 Å². The van der Waals surface area contributed by atoms with E-state index in [1.165, 1.54) is 5.56 Å². The first-order valence-corrected chi connectivity index (χ1v) is 7.81. The van der Waals surface area contributed by atoms with Gasteiger partial charge in [0.25, 0.3) is 0 Å². The fourth-order valence-corrected chi connectivity index (χ4v) is 2.33. The van der Waals surface area contributed by atoms with Gasteiger partial charge in [-0.3, -0.25) is 4.79 Å². The third-order valence-electron chi connectivity index (χ3n) is 3.72. The van der Waals surface area contributed by atoms with E-state index in [4.69, 9.17) is 14.6 Å². The molecule has 0 aliphatic rings. The number of methoxy groups -OCH3 is 1. The van der Waals surface area contributed by atoms with Gasteiger partial charge in [-0.25, -0.2) is 0 Å². The summed E-state index contributed by atoms with van der Waals surface area (Å²) in [5.41, 5.74) is 3.10. The quantitative estimate of drug-likeness (QED) is 0.779. The van der Waals surface area contributed by atoms with E-state index in [2.05, 4.69) is 11.4 Å². The second kappa shape index (κ2) is 8.36. The van der Waals surface area contributed by atoms with Crippen LogP contribution in [0.5, 0.6) is 11.5 Å². The van der Waals surface area contributed by atoms with Crippen molar-refractivity contribution < 1.29 is 19.4 Å². The molecule has 5 nitrogen and oxygen atoms in total. The molecule has 2 aromatic carbocycles. The molecular formula is C19H23NO4. The molecule has 0 aromatic heterocycles. The molecule has 0 heterocycles. The van der Waals surface area contributed by atoms with Gasteiger partial charge in [-0.15, -0.1) is 0 Å². The Morgan fingerprint density at radius 3 is 2.67 bits per heavy atom. The summed E-state index contributed by atoms with van der Waals surface area (Å²) in [6.07, 6.45) is 0. The van der Waals surface area contributed by atoms with Gasteiger partial charge in [0, 0.05) is 12.1 Å². The van der Waals surface area contributed by atoms with E-state index in [0.29, 0.717) is 24.7 Å². The fourth-order valence-electron chi connectivity index (χ4n) is 2.33. The van der Waals surface area contributed by atoms with E-state index in [0.717, 1.165) is 11.1 Å². The molecule has 24 heavy (non-hydrogen) atoms. The molecule has 0 fully saturated rings. The van der Waals surface area contributed by atoms with Gasteiger partial charge in [0.15, 0.2) is 11.5 Å². The molecule has 0 aliphatic heterocycles. The summed E-state index contributed by atoms with van der Waals surface area (Å²) in [7, 11) is 1.59. The van der Waals surface area contributed by atoms with E-state index >= 15 is 0 Å². The van der Waals surface area contributed by atoms with Crippen LogP contribution in [0.15, 0.2) is 42.5 Å². The third kappa shape index (κ3) is 4.73. The van der Waals surface area contributed by atoms with Gasteiger partial charge in [0.1, 0.15) is 12.6 Å². The van der Waals surface area contributed by atoms with Crippen LogP contribution >= 0.6 is 0 Å². The first-order valence-electron chi connectivity index (χ1n) is 7.81. The maximum atomic E-state index is 11.0. The Labute approximate surface area is 142 Å². The highest BCUT2D eigenvalue weighted by molar-refractivity contribution is 5.72. The standard InChI is InChI=1S/C19H23NO4/c1-13-6-4-7-15(10-13)12-24-18-16(8-5-9-17(18)23-3)11-20-14(2)19(21)22/h4-10,14,20H,11-12H2,1-3H3,(H,21,22). The zero-order valence-corrected chi connectivity index (χ0v) is 14.2. The van der Waals surface area contributed by atoms with Gasteiger partial charge in [-0.2, -0.15) is 0 Å². The average Bonchev–Trinajstić information content (AvgIpc) is 2.57. The number of carbonyl (C=O) groups is 1. The minimum absolute atomic E-state index is 0.383. The SMILES string of the molecule is COc1cccc(CNC(C)C(=O)O)c1OCc1cccc(C)c1. The Morgan fingerprint density at radius 1 is 1.25 bits per heavy atom. The zero-order chi connectivity index (χ0) is 17.5. The minimum atomic E-state index is -0.889. The Balaban J connectivity index is 2.15. The Kier molecular flexibility index (Phi) is 6.21. The van der Waals surface area contributed by atoms with Crippen LogP contribution in [0.4, 0.5) is 0 Å². The molecule has 0 spiro atoms. The highest BCUT2D eigenvalue weighted by Gasteiger charge is 2.14. The Bertz CT molecular complexity index is 700. The molecule has 2 N–H and O–H groups in total. The fraction of sp³-hybridized carbons (Fsp3) is 0.316. The van der Waals surface area contributed by atoms with Crippen LogP contribution in [0, 0.1) is 6.92 Å². The summed E-state index contributed by atoms with van der Waals surface area (Å²) in [6, 6.07) is 13.1. The van der Waals surface area contributed by atoms with E-state index in [9.17, 15) is 4.79 Å². The first-order chi connectivity index (χ1) is 11.5. The van der Waals surface area contributed by atoms with E-state index < -0.39 is 12.0 Å². The third-order valence-corrected chi connectivity index (χ3v) is 3.72. The number of aliphatic carboxylic acids is 1. The van der Waals surface area contributed by atoms with Crippen molar-refractivity contribution in [2.24, 2.45) is 0 Å². The van der Waals surface area contributed by atoms with Crippen LogP contribution in [0.25, 0.3) is 0 Å². The number of aryl methyl sites for hydroxylation is 1. The average molecular weight is 329 g/mol. The monoisotopic (exact) mass is 329 g/mol. The highest BCUT2D eigenvalue weighted by atomic mass is 16.5. The van der Waals surface area contributed by atoms with Crippen molar-refractivity contribution in [2.45, 2.75) is 33.0 Å². The number of hydrogen-bond acceptors (Lipinski definition) is 4. The van der Waals surface area contributed by atoms with E-state index in [-0.39, 0.29) is 0 Å². The van der Waals surface area contributed by atoms with Crippen LogP contribution in [-0.4, -0.2) is 24.2 Å². The molecule has 1 unspecified atom stereocenters. The summed E-state index contributed by atoms with van der Waals surface area (Å²) in [5.74, 6) is 0.372. The van der Waals surface area contributed by atoms with Gasteiger partial charge in [0.2, 0.25) is 0 Å². The van der Waals surface area contributed by atoms with Crippen molar-refractivity contribution in [3.8, 4) is 11.5 Å². The van der Waals surface area contributed by atoms with E-state index in [1.54, 1.807) is 14.0 Å². The minimum Gasteiger partial charge on any atom is -0.493 e. The van der Waals surface area contributed by atoms with Gasteiger partial charge in [-0.1, -0.05) is 42.0 Å². The summed E-state index contributed by atoms with van der Waals surface area (Å²) < 4.78 is 11.4. The molecule has 2 rings (SSSR count). The maximum absolute atomic E-state index is 11.0. The Hall–Kier alpha value is -2.53. The largest absolute Gasteiger partial charge is 0.493 e. The second-order valence-electron chi connectivity index (χ2n) is 5.67. The van der Waals surface area contributed by atoms with Crippen molar-refractivity contribution in [3.63, 3.8) is 0 Å². The smallest absolute Gasteiger partial charge is 0.320 e. The maximum Gasteiger partial charge on any atom is 0.320 e. The normalized spacial score (nSPS) is 11.8. The van der Waals surface area contributed by atoms with Crippen LogP contribution in [0.1, 0.15) is 23.6 Å². The predicted molar refractivity (Wildman–Crippen MR) is 92.4 cm³/mol. The summed E-state index contributed by atoms with van der Waals surface area (Å²) in [5, 5.41) is 12.0. The number of benzene rings is 2. The van der Waals surface area contributed by atoms with Crippen molar-refractivity contribution in [2.75, 3.05) is 7.11 Å². The molecule has 2 aromatic rings. The van der Waals surface area contributed by atoms with Crippen LogP contribution in [0.2, 0.25) is 0 Å². The molecule has 0 saturated heterocycles. The molecule has 0 saturated carbocycles. The van der Waals surface area contributed by atoms with Crippen molar-refractivity contribution in [3.05, 3.63) is 59.2 Å². The predicted octanol–water partition coefficient (Wildman–Crippen LogP) is 3.15.